The van der Waals surface area contributed by atoms with Gasteiger partial charge in [0.2, 0.25) is 0 Å². The van der Waals surface area contributed by atoms with Crippen molar-refractivity contribution in [2.45, 2.75) is 58.4 Å². The number of hydrogen-bond donors (Lipinski definition) is 0. The van der Waals surface area contributed by atoms with Gasteiger partial charge in [-0.15, -0.1) is 0 Å². The fourth-order valence-electron chi connectivity index (χ4n) is 4.27. The largest absolute Gasteiger partial charge is 0.491 e. The van der Waals surface area contributed by atoms with E-state index in [1.54, 1.807) is 0 Å². The van der Waals surface area contributed by atoms with Crippen LogP contribution in [0.2, 0.25) is 0 Å². The van der Waals surface area contributed by atoms with Crippen molar-refractivity contribution in [1.29, 1.82) is 0 Å². The highest BCUT2D eigenvalue weighted by molar-refractivity contribution is 5.76. The van der Waals surface area contributed by atoms with Crippen molar-refractivity contribution < 1.29 is 4.74 Å². The molecule has 0 spiro atoms. The maximum absolute atomic E-state index is 6.18. The first-order valence-corrected chi connectivity index (χ1v) is 9.88. The van der Waals surface area contributed by atoms with E-state index in [-0.39, 0.29) is 0 Å². The predicted octanol–water partition coefficient (Wildman–Crippen LogP) is 5.78. The van der Waals surface area contributed by atoms with Crippen molar-refractivity contribution in [2.24, 2.45) is 0 Å². The van der Waals surface area contributed by atoms with Gasteiger partial charge >= 0.3 is 0 Å². The molecule has 2 aromatic carbocycles. The predicted molar refractivity (Wildman–Crippen MR) is 107 cm³/mol. The van der Waals surface area contributed by atoms with Crippen LogP contribution in [0.4, 0.5) is 0 Å². The first-order chi connectivity index (χ1) is 12.7. The maximum atomic E-state index is 6.18. The summed E-state index contributed by atoms with van der Waals surface area (Å²) in [7, 11) is 0. The van der Waals surface area contributed by atoms with Crippen LogP contribution in [0.3, 0.4) is 0 Å². The second-order valence-corrected chi connectivity index (χ2v) is 7.51. The highest BCUT2D eigenvalue weighted by atomic mass is 16.5. The molecule has 0 unspecified atom stereocenters. The molecule has 0 aliphatic heterocycles. The number of imidazole rings is 1. The lowest BCUT2D eigenvalue weighted by Crippen LogP contribution is -2.16. The van der Waals surface area contributed by atoms with Crippen molar-refractivity contribution in [1.82, 2.24) is 9.55 Å². The molecule has 0 atom stereocenters. The van der Waals surface area contributed by atoms with Crippen LogP contribution in [-0.2, 0) is 6.54 Å². The van der Waals surface area contributed by atoms with Crippen LogP contribution in [-0.4, -0.2) is 16.2 Å². The molecule has 3 nitrogen and oxygen atoms in total. The minimum absolute atomic E-state index is 0.594. The van der Waals surface area contributed by atoms with Crippen molar-refractivity contribution in [2.75, 3.05) is 6.61 Å². The Hall–Kier alpha value is -2.29. The summed E-state index contributed by atoms with van der Waals surface area (Å²) in [5.74, 6) is 2.88. The molecular weight excluding hydrogens is 320 g/mol. The zero-order chi connectivity index (χ0) is 17.9. The Morgan fingerprint density at radius 3 is 2.46 bits per heavy atom. The first kappa shape index (κ1) is 17.1. The van der Waals surface area contributed by atoms with Gasteiger partial charge in [-0.1, -0.05) is 49.6 Å². The molecule has 0 saturated heterocycles. The van der Waals surface area contributed by atoms with Gasteiger partial charge in [-0.3, -0.25) is 0 Å². The van der Waals surface area contributed by atoms with Crippen LogP contribution in [0.1, 0.15) is 55.0 Å². The smallest absolute Gasteiger partial charge is 0.125 e. The first-order valence-electron chi connectivity index (χ1n) is 9.88. The van der Waals surface area contributed by atoms with Crippen molar-refractivity contribution in [3.63, 3.8) is 0 Å². The van der Waals surface area contributed by atoms with Gasteiger partial charge in [0.05, 0.1) is 17.6 Å². The molecule has 0 radical (unpaired) electrons. The lowest BCUT2D eigenvalue weighted by molar-refractivity contribution is 0.291. The van der Waals surface area contributed by atoms with E-state index < -0.39 is 0 Å². The molecule has 0 amide bonds. The van der Waals surface area contributed by atoms with Crippen molar-refractivity contribution in [3.8, 4) is 5.75 Å². The number of nitrogens with zero attached hydrogens (tertiary/aromatic N) is 2. The summed E-state index contributed by atoms with van der Waals surface area (Å²) in [5.41, 5.74) is 4.75. The Morgan fingerprint density at radius 1 is 0.962 bits per heavy atom. The zero-order valence-corrected chi connectivity index (χ0v) is 15.9. The third kappa shape index (κ3) is 3.35. The van der Waals surface area contributed by atoms with Gasteiger partial charge < -0.3 is 9.30 Å². The number of benzene rings is 2. The molecule has 1 saturated carbocycles. The minimum Gasteiger partial charge on any atom is -0.491 e. The van der Waals surface area contributed by atoms with Crippen LogP contribution in [0, 0.1) is 13.8 Å². The second kappa shape index (κ2) is 7.53. The molecule has 1 heterocycles. The Morgan fingerprint density at radius 2 is 1.69 bits per heavy atom. The molecule has 4 rings (SSSR count). The topological polar surface area (TPSA) is 27.1 Å². The van der Waals surface area contributed by atoms with Gasteiger partial charge in [0.25, 0.3) is 0 Å². The standard InChI is InChI=1S/C23H28N2O/c1-17-9-8-10-18(2)22(17)26-16-15-25-21-14-7-6-13-20(21)24-23(25)19-11-4-3-5-12-19/h6-10,13-14,19H,3-5,11-12,15-16H2,1-2H3. The lowest BCUT2D eigenvalue weighted by atomic mass is 9.88. The lowest BCUT2D eigenvalue weighted by Gasteiger charge is -2.22. The summed E-state index contributed by atoms with van der Waals surface area (Å²) in [4.78, 5) is 5.00. The molecule has 3 heteroatoms. The van der Waals surface area contributed by atoms with Crippen LogP contribution < -0.4 is 4.74 Å². The number of aromatic nitrogens is 2. The summed E-state index contributed by atoms with van der Waals surface area (Å²) in [5, 5.41) is 0. The van der Waals surface area contributed by atoms with Gasteiger partial charge in [-0.2, -0.15) is 0 Å². The van der Waals surface area contributed by atoms with E-state index in [9.17, 15) is 0 Å². The molecule has 26 heavy (non-hydrogen) atoms. The summed E-state index contributed by atoms with van der Waals surface area (Å²) < 4.78 is 8.59. The Bertz CT molecular complexity index is 870. The zero-order valence-electron chi connectivity index (χ0n) is 15.9. The summed E-state index contributed by atoms with van der Waals surface area (Å²) >= 11 is 0. The highest BCUT2D eigenvalue weighted by Gasteiger charge is 2.22. The monoisotopic (exact) mass is 348 g/mol. The van der Waals surface area contributed by atoms with E-state index in [0.29, 0.717) is 12.5 Å². The molecule has 1 aromatic heterocycles. The Balaban J connectivity index is 1.58. The third-order valence-electron chi connectivity index (χ3n) is 5.62. The van der Waals surface area contributed by atoms with Gasteiger partial charge in [-0.05, 0) is 49.9 Å². The van der Waals surface area contributed by atoms with E-state index >= 15 is 0 Å². The fourth-order valence-corrected chi connectivity index (χ4v) is 4.27. The quantitative estimate of drug-likeness (QED) is 0.584. The molecular formula is C23H28N2O. The molecule has 1 fully saturated rings. The summed E-state index contributed by atoms with van der Waals surface area (Å²) in [6, 6.07) is 14.8. The number of ether oxygens (including phenoxy) is 1. The Labute approximate surface area is 156 Å². The number of hydrogen-bond acceptors (Lipinski definition) is 2. The van der Waals surface area contributed by atoms with Crippen LogP contribution in [0.5, 0.6) is 5.75 Å². The van der Waals surface area contributed by atoms with E-state index in [2.05, 4.69) is 60.9 Å². The van der Waals surface area contributed by atoms with Gasteiger partial charge in [-0.25, -0.2) is 4.98 Å². The SMILES string of the molecule is Cc1cccc(C)c1OCCn1c(C2CCCCC2)nc2ccccc21. The minimum atomic E-state index is 0.594. The fraction of sp³-hybridized carbons (Fsp3) is 0.435. The number of para-hydroxylation sites is 3. The average molecular weight is 348 g/mol. The Kier molecular flexibility index (Phi) is 4.96. The number of fused-ring (bicyclic) bond motifs is 1. The highest BCUT2D eigenvalue weighted by Crippen LogP contribution is 2.34. The maximum Gasteiger partial charge on any atom is 0.125 e. The molecule has 3 aromatic rings. The molecule has 0 N–H and O–H groups in total. The second-order valence-electron chi connectivity index (χ2n) is 7.51. The van der Waals surface area contributed by atoms with Gasteiger partial charge in [0.1, 0.15) is 18.2 Å². The molecule has 1 aliphatic carbocycles. The van der Waals surface area contributed by atoms with E-state index in [1.165, 1.54) is 54.6 Å². The van der Waals surface area contributed by atoms with Crippen molar-refractivity contribution in [3.05, 3.63) is 59.4 Å². The normalized spacial score (nSPS) is 15.5. The van der Waals surface area contributed by atoms with Crippen molar-refractivity contribution >= 4 is 11.0 Å². The van der Waals surface area contributed by atoms with Crippen LogP contribution in [0.15, 0.2) is 42.5 Å². The molecule has 0 bridgehead atoms. The van der Waals surface area contributed by atoms with Gasteiger partial charge in [0, 0.05) is 5.92 Å². The van der Waals surface area contributed by atoms with E-state index in [0.717, 1.165) is 17.8 Å². The van der Waals surface area contributed by atoms with E-state index in [4.69, 9.17) is 9.72 Å². The third-order valence-corrected chi connectivity index (χ3v) is 5.62. The van der Waals surface area contributed by atoms with Crippen LogP contribution >= 0.6 is 0 Å². The molecule has 1 aliphatic rings. The average Bonchev–Trinajstić information content (AvgIpc) is 3.04. The summed E-state index contributed by atoms with van der Waals surface area (Å²) in [6.45, 7) is 5.75. The number of rotatable bonds is 5. The van der Waals surface area contributed by atoms with Gasteiger partial charge in [0.15, 0.2) is 0 Å². The molecule has 136 valence electrons. The van der Waals surface area contributed by atoms with E-state index in [1.807, 2.05) is 0 Å². The van der Waals surface area contributed by atoms with Crippen LogP contribution in [0.25, 0.3) is 11.0 Å². The summed E-state index contributed by atoms with van der Waals surface area (Å²) in [6.07, 6.45) is 6.55. The number of aryl methyl sites for hydroxylation is 2.